The molecule has 1 aromatic heterocycles. The summed E-state index contributed by atoms with van der Waals surface area (Å²) in [6.07, 6.45) is -3.91. The number of likely N-dealkylation sites (N-methyl/N-ethyl adjacent to an activating group) is 1. The van der Waals surface area contributed by atoms with Crippen LogP contribution in [0.4, 0.5) is 13.2 Å². The van der Waals surface area contributed by atoms with Crippen molar-refractivity contribution in [2.75, 3.05) is 31.6 Å². The molecule has 2 N–H and O–H groups in total. The fourth-order valence-corrected chi connectivity index (χ4v) is 4.87. The van der Waals surface area contributed by atoms with Crippen LogP contribution in [-0.4, -0.2) is 61.9 Å². The second-order valence-corrected chi connectivity index (χ2v) is 9.08. The monoisotopic (exact) mass is 397 g/mol. The van der Waals surface area contributed by atoms with Crippen LogP contribution < -0.4 is 10.2 Å². The molecule has 0 aliphatic carbocycles. The van der Waals surface area contributed by atoms with Crippen LogP contribution in [0.15, 0.2) is 0 Å². The van der Waals surface area contributed by atoms with E-state index in [-0.39, 0.29) is 24.1 Å². The average molecular weight is 397 g/mol. The summed E-state index contributed by atoms with van der Waals surface area (Å²) < 4.78 is 61.5. The average Bonchev–Trinajstić information content (AvgIpc) is 2.98. The molecule has 11 heteroatoms. The Morgan fingerprint density at radius 3 is 2.58 bits per heavy atom. The third-order valence-electron chi connectivity index (χ3n) is 4.46. The fraction of sp³-hybridized carbons (Fsp3) is 0.733. The van der Waals surface area contributed by atoms with E-state index in [0.29, 0.717) is 13.0 Å². The van der Waals surface area contributed by atoms with Crippen LogP contribution in [0.3, 0.4) is 0 Å². The third kappa shape index (κ3) is 5.44. The molecule has 0 bridgehead atoms. The summed E-state index contributed by atoms with van der Waals surface area (Å²) in [6, 6.07) is -0.192. The van der Waals surface area contributed by atoms with E-state index < -0.39 is 28.5 Å². The van der Waals surface area contributed by atoms with Gasteiger partial charge in [0.25, 0.3) is 5.91 Å². The van der Waals surface area contributed by atoms with E-state index in [1.54, 1.807) is 18.7 Å². The number of nitrogens with zero attached hydrogens (tertiary/aromatic N) is 2. The molecule has 2 rings (SSSR count). The molecule has 1 unspecified atom stereocenters. The van der Waals surface area contributed by atoms with Crippen LogP contribution in [0.5, 0.6) is 0 Å². The summed E-state index contributed by atoms with van der Waals surface area (Å²) in [4.78, 5) is 12.3. The van der Waals surface area contributed by atoms with Crippen molar-refractivity contribution in [3.05, 3.63) is 17.0 Å². The molecule has 2 atom stereocenters. The van der Waals surface area contributed by atoms with Crippen molar-refractivity contribution in [1.29, 1.82) is 0 Å². The first kappa shape index (κ1) is 20.7. The number of halogens is 3. The van der Waals surface area contributed by atoms with E-state index in [9.17, 15) is 26.4 Å². The molecule has 1 aromatic rings. The molecule has 26 heavy (non-hydrogen) atoms. The predicted octanol–water partition coefficient (Wildman–Crippen LogP) is -0.447. The SMILES string of the molecule is Cc1nn([C@H]2CCS(=O)(=O)C2)c(C)c1C[NH+](C)CC(=O)NCC(F)(F)F. The fourth-order valence-electron chi connectivity index (χ4n) is 3.18. The number of carbonyl (C=O) groups is 1. The quantitative estimate of drug-likeness (QED) is 0.681. The summed E-state index contributed by atoms with van der Waals surface area (Å²) in [5.74, 6) is -0.461. The van der Waals surface area contributed by atoms with Gasteiger partial charge < -0.3 is 10.2 Å². The molecule has 0 radical (unpaired) electrons. The first-order valence-corrected chi connectivity index (χ1v) is 10.1. The molecule has 1 fully saturated rings. The van der Waals surface area contributed by atoms with Crippen LogP contribution in [-0.2, 0) is 21.2 Å². The van der Waals surface area contributed by atoms with Gasteiger partial charge in [-0.15, -0.1) is 0 Å². The van der Waals surface area contributed by atoms with Gasteiger partial charge in [0.1, 0.15) is 13.1 Å². The maximum Gasteiger partial charge on any atom is 0.405 e. The highest BCUT2D eigenvalue weighted by Gasteiger charge is 2.32. The lowest BCUT2D eigenvalue weighted by Crippen LogP contribution is -3.09. The van der Waals surface area contributed by atoms with Crippen LogP contribution in [0.1, 0.15) is 29.4 Å². The number of carbonyl (C=O) groups excluding carboxylic acids is 1. The van der Waals surface area contributed by atoms with Gasteiger partial charge in [0.2, 0.25) is 0 Å². The summed E-state index contributed by atoms with van der Waals surface area (Å²) in [6.45, 7) is 2.62. The van der Waals surface area contributed by atoms with Crippen LogP contribution in [0, 0.1) is 13.8 Å². The van der Waals surface area contributed by atoms with E-state index in [2.05, 4.69) is 5.10 Å². The van der Waals surface area contributed by atoms with Gasteiger partial charge in [-0.1, -0.05) is 0 Å². The van der Waals surface area contributed by atoms with E-state index >= 15 is 0 Å². The minimum absolute atomic E-state index is 0.0664. The third-order valence-corrected chi connectivity index (χ3v) is 6.21. The number of alkyl halides is 3. The van der Waals surface area contributed by atoms with Crippen molar-refractivity contribution in [3.63, 3.8) is 0 Å². The van der Waals surface area contributed by atoms with Crippen molar-refractivity contribution in [2.24, 2.45) is 0 Å². The minimum Gasteiger partial charge on any atom is -0.342 e. The van der Waals surface area contributed by atoms with Gasteiger partial charge >= 0.3 is 6.18 Å². The highest BCUT2D eigenvalue weighted by molar-refractivity contribution is 7.91. The molecule has 2 heterocycles. The number of hydrogen-bond donors (Lipinski definition) is 2. The Labute approximate surface area is 150 Å². The summed E-state index contributed by atoms with van der Waals surface area (Å²) in [5.41, 5.74) is 2.46. The Bertz CT molecular complexity index is 774. The molecule has 0 spiro atoms. The number of rotatable bonds is 6. The van der Waals surface area contributed by atoms with Gasteiger partial charge in [-0.3, -0.25) is 9.48 Å². The smallest absolute Gasteiger partial charge is 0.342 e. The predicted molar refractivity (Wildman–Crippen MR) is 88.5 cm³/mol. The van der Waals surface area contributed by atoms with Gasteiger partial charge in [0.15, 0.2) is 16.4 Å². The Morgan fingerprint density at radius 1 is 1.38 bits per heavy atom. The first-order chi connectivity index (χ1) is 11.9. The number of sulfone groups is 1. The topological polar surface area (TPSA) is 85.5 Å². The number of quaternary nitrogens is 1. The minimum atomic E-state index is -4.43. The zero-order valence-electron chi connectivity index (χ0n) is 15.0. The lowest BCUT2D eigenvalue weighted by atomic mass is 10.1. The highest BCUT2D eigenvalue weighted by atomic mass is 32.2. The molecule has 1 amide bonds. The van der Waals surface area contributed by atoms with Gasteiger partial charge in [-0.05, 0) is 20.3 Å². The molecule has 1 aliphatic rings. The summed E-state index contributed by atoms with van der Waals surface area (Å²) in [7, 11) is -1.32. The number of amides is 1. The molecule has 1 saturated heterocycles. The number of hydrogen-bond acceptors (Lipinski definition) is 4. The Morgan fingerprint density at radius 2 is 2.04 bits per heavy atom. The molecular weight excluding hydrogens is 373 g/mol. The van der Waals surface area contributed by atoms with Crippen LogP contribution in [0.25, 0.3) is 0 Å². The maximum absolute atomic E-state index is 12.1. The Kier molecular flexibility index (Phi) is 6.01. The molecule has 7 nitrogen and oxygen atoms in total. The molecule has 0 aromatic carbocycles. The lowest BCUT2D eigenvalue weighted by Gasteiger charge is -2.15. The number of aromatic nitrogens is 2. The van der Waals surface area contributed by atoms with Crippen LogP contribution in [0.2, 0.25) is 0 Å². The van der Waals surface area contributed by atoms with Crippen molar-refractivity contribution in [2.45, 2.75) is 39.0 Å². The second-order valence-electron chi connectivity index (χ2n) is 6.85. The molecule has 0 saturated carbocycles. The van der Waals surface area contributed by atoms with Crippen LogP contribution >= 0.6 is 0 Å². The number of aryl methyl sites for hydroxylation is 1. The highest BCUT2D eigenvalue weighted by Crippen LogP contribution is 2.26. The van der Waals surface area contributed by atoms with Gasteiger partial charge in [0.05, 0.1) is 35.9 Å². The van der Waals surface area contributed by atoms with Gasteiger partial charge in [0, 0.05) is 5.69 Å². The standard InChI is InChI=1S/C15H23F3N4O3S/c1-10-13(6-21(3)7-14(23)19-9-15(16,17)18)11(2)22(20-10)12-4-5-26(24,25)8-12/h12H,4-9H2,1-3H3,(H,19,23)/p+1/t12-/m0/s1. The van der Waals surface area contributed by atoms with Crippen molar-refractivity contribution in [3.8, 4) is 0 Å². The first-order valence-electron chi connectivity index (χ1n) is 8.27. The molecule has 1 aliphatic heterocycles. The largest absolute Gasteiger partial charge is 0.405 e. The van der Waals surface area contributed by atoms with Crippen molar-refractivity contribution < 1.29 is 31.3 Å². The van der Waals surface area contributed by atoms with Crippen molar-refractivity contribution >= 4 is 15.7 Å². The van der Waals surface area contributed by atoms with E-state index in [1.165, 1.54) is 0 Å². The van der Waals surface area contributed by atoms with Crippen molar-refractivity contribution in [1.82, 2.24) is 15.1 Å². The Hall–Kier alpha value is -1.62. The van der Waals surface area contributed by atoms with E-state index in [1.807, 2.05) is 12.2 Å². The summed E-state index contributed by atoms with van der Waals surface area (Å²) >= 11 is 0. The second kappa shape index (κ2) is 7.55. The molecular formula is C15H24F3N4O3S+. The zero-order valence-corrected chi connectivity index (χ0v) is 15.8. The Balaban J connectivity index is 2.00. The van der Waals surface area contributed by atoms with E-state index in [4.69, 9.17) is 0 Å². The van der Waals surface area contributed by atoms with Gasteiger partial charge in [-0.2, -0.15) is 18.3 Å². The summed E-state index contributed by atoms with van der Waals surface area (Å²) in [5, 5.41) is 6.30. The lowest BCUT2D eigenvalue weighted by molar-refractivity contribution is -0.885. The normalized spacial score (nSPS) is 20.9. The number of nitrogens with one attached hydrogen (secondary N) is 2. The zero-order chi connectivity index (χ0) is 19.7. The molecule has 148 valence electrons. The maximum atomic E-state index is 12.1. The van der Waals surface area contributed by atoms with E-state index in [0.717, 1.165) is 21.9 Å². The van der Waals surface area contributed by atoms with Gasteiger partial charge in [-0.25, -0.2) is 8.42 Å².